The molecule has 8 heteroatoms. The van der Waals surface area contributed by atoms with Crippen LogP contribution in [0, 0.1) is 0 Å². The number of hydrogen-bond donors (Lipinski definition) is 2. The van der Waals surface area contributed by atoms with Crippen LogP contribution >= 0.6 is 0 Å². The molecule has 1 aromatic carbocycles. The molecule has 0 aliphatic carbocycles. The maximum atomic E-state index is 13.2. The van der Waals surface area contributed by atoms with Crippen molar-refractivity contribution >= 4 is 5.91 Å². The number of aliphatic hydroxyl groups is 1. The van der Waals surface area contributed by atoms with Gasteiger partial charge in [-0.05, 0) is 23.8 Å². The smallest absolute Gasteiger partial charge is 0.412 e. The molecule has 0 bridgehead atoms. The van der Waals surface area contributed by atoms with Gasteiger partial charge in [-0.1, -0.05) is 12.1 Å². The molecule has 1 aromatic heterocycles. The van der Waals surface area contributed by atoms with Crippen molar-refractivity contribution in [3.8, 4) is 5.75 Å². The molecular weight excluding hydrogens is 325 g/mol. The Morgan fingerprint density at radius 1 is 1.29 bits per heavy atom. The fourth-order valence-corrected chi connectivity index (χ4v) is 2.23. The minimum atomic E-state index is -4.69. The van der Waals surface area contributed by atoms with E-state index in [0.29, 0.717) is 5.75 Å². The summed E-state index contributed by atoms with van der Waals surface area (Å²) in [6.07, 6.45) is -3.73. The fourth-order valence-electron chi connectivity index (χ4n) is 2.23. The van der Waals surface area contributed by atoms with Gasteiger partial charge in [0.25, 0.3) is 5.91 Å². The number of rotatable bonds is 5. The van der Waals surface area contributed by atoms with Crippen LogP contribution in [0.5, 0.6) is 5.75 Å². The highest BCUT2D eigenvalue weighted by Crippen LogP contribution is 2.33. The average molecular weight is 342 g/mol. The second-order valence-corrected chi connectivity index (χ2v) is 5.27. The number of aryl methyl sites for hydroxylation is 1. The number of benzene rings is 1. The second-order valence-electron chi connectivity index (χ2n) is 5.27. The van der Waals surface area contributed by atoms with E-state index >= 15 is 0 Å². The van der Waals surface area contributed by atoms with Gasteiger partial charge in [-0.2, -0.15) is 13.2 Å². The van der Waals surface area contributed by atoms with Gasteiger partial charge in [-0.3, -0.25) is 4.79 Å². The second kappa shape index (κ2) is 6.96. The number of methoxy groups -OCH3 is 1. The minimum Gasteiger partial charge on any atom is -0.497 e. The molecule has 2 atom stereocenters. The number of ether oxygens (including phenoxy) is 1. The lowest BCUT2D eigenvalue weighted by Gasteiger charge is -2.22. The molecule has 24 heavy (non-hydrogen) atoms. The lowest BCUT2D eigenvalue weighted by molar-refractivity contribution is -0.166. The van der Waals surface area contributed by atoms with Gasteiger partial charge in [0, 0.05) is 25.0 Å². The van der Waals surface area contributed by atoms with Crippen molar-refractivity contribution in [3.63, 3.8) is 0 Å². The van der Waals surface area contributed by atoms with E-state index in [1.54, 1.807) is 13.1 Å². The number of carbonyl (C=O) groups excluding carboxylic acids is 1. The summed E-state index contributed by atoms with van der Waals surface area (Å²) in [6.45, 7) is 0. The molecule has 130 valence electrons. The number of alkyl halides is 3. The number of carbonyl (C=O) groups is 1. The first kappa shape index (κ1) is 17.9. The molecule has 0 unspecified atom stereocenters. The molecule has 2 N–H and O–H groups in total. The van der Waals surface area contributed by atoms with Crippen LogP contribution in [0.2, 0.25) is 0 Å². The van der Waals surface area contributed by atoms with Crippen molar-refractivity contribution in [3.05, 3.63) is 53.9 Å². The highest BCUT2D eigenvalue weighted by Gasteiger charge is 2.43. The van der Waals surface area contributed by atoms with Crippen molar-refractivity contribution in [2.45, 2.75) is 18.3 Å². The Morgan fingerprint density at radius 2 is 2.00 bits per heavy atom. The zero-order valence-electron chi connectivity index (χ0n) is 13.0. The van der Waals surface area contributed by atoms with Crippen LogP contribution in [0.15, 0.2) is 42.7 Å². The van der Waals surface area contributed by atoms with Crippen LogP contribution in [-0.2, 0) is 11.8 Å². The zero-order valence-corrected chi connectivity index (χ0v) is 13.0. The summed E-state index contributed by atoms with van der Waals surface area (Å²) < 4.78 is 46.1. The van der Waals surface area contributed by atoms with Crippen molar-refractivity contribution in [2.24, 2.45) is 7.05 Å². The number of aromatic nitrogens is 1. The fraction of sp³-hybridized carbons (Fsp3) is 0.312. The Hall–Kier alpha value is -2.48. The number of aliphatic hydroxyl groups excluding tert-OH is 1. The van der Waals surface area contributed by atoms with E-state index in [9.17, 15) is 23.1 Å². The Labute approximate surface area is 136 Å². The number of nitrogens with zero attached hydrogens (tertiary/aromatic N) is 1. The highest BCUT2D eigenvalue weighted by molar-refractivity contribution is 5.82. The molecule has 1 heterocycles. The van der Waals surface area contributed by atoms with E-state index in [4.69, 9.17) is 4.74 Å². The molecule has 0 saturated carbocycles. The van der Waals surface area contributed by atoms with E-state index in [-0.39, 0.29) is 11.1 Å². The topological polar surface area (TPSA) is 63.5 Å². The minimum absolute atomic E-state index is 0.115. The van der Waals surface area contributed by atoms with E-state index in [0.717, 1.165) is 0 Å². The Morgan fingerprint density at radius 3 is 2.54 bits per heavy atom. The van der Waals surface area contributed by atoms with E-state index in [2.05, 4.69) is 0 Å². The third kappa shape index (κ3) is 4.08. The summed E-state index contributed by atoms with van der Waals surface area (Å²) in [5.74, 6) is -0.760. The average Bonchev–Trinajstić information content (AvgIpc) is 2.96. The Kier molecular flexibility index (Phi) is 5.18. The van der Waals surface area contributed by atoms with Crippen LogP contribution in [0.3, 0.4) is 0 Å². The van der Waals surface area contributed by atoms with E-state index in [1.165, 1.54) is 48.3 Å². The van der Waals surface area contributed by atoms with Crippen LogP contribution in [0.25, 0.3) is 0 Å². The molecule has 0 radical (unpaired) electrons. The van der Waals surface area contributed by atoms with Crippen molar-refractivity contribution < 1.29 is 27.8 Å². The number of nitrogens with one attached hydrogen (secondary N) is 1. The summed E-state index contributed by atoms with van der Waals surface area (Å²) in [6, 6.07) is 5.00. The van der Waals surface area contributed by atoms with Gasteiger partial charge in [-0.15, -0.1) is 0 Å². The summed E-state index contributed by atoms with van der Waals surface area (Å²) in [5, 5.41) is 11.9. The highest BCUT2D eigenvalue weighted by atomic mass is 19.4. The molecule has 0 spiro atoms. The van der Waals surface area contributed by atoms with Crippen molar-refractivity contribution in [1.82, 2.24) is 9.88 Å². The Balaban J connectivity index is 2.20. The SMILES string of the molecule is COc1cccc([C@@H](O)C(=O)N[C@H](c2ccn(C)c2)C(F)(F)F)c1. The van der Waals surface area contributed by atoms with Crippen LogP contribution in [0.4, 0.5) is 13.2 Å². The predicted molar refractivity (Wildman–Crippen MR) is 80.3 cm³/mol. The molecule has 0 aliphatic rings. The molecular formula is C16H17F3N2O3. The van der Waals surface area contributed by atoms with Crippen molar-refractivity contribution in [2.75, 3.05) is 7.11 Å². The molecule has 2 rings (SSSR count). The lowest BCUT2D eigenvalue weighted by Crippen LogP contribution is -2.40. The number of halogens is 3. The maximum Gasteiger partial charge on any atom is 0.412 e. The van der Waals surface area contributed by atoms with Crippen LogP contribution in [0.1, 0.15) is 23.3 Å². The number of amides is 1. The van der Waals surface area contributed by atoms with Crippen LogP contribution in [-0.4, -0.2) is 28.9 Å². The lowest BCUT2D eigenvalue weighted by atomic mass is 10.1. The van der Waals surface area contributed by atoms with Gasteiger partial charge in [0.1, 0.15) is 5.75 Å². The standard InChI is InChI=1S/C16H17F3N2O3/c1-21-7-6-11(9-21)14(16(17,18)19)20-15(23)13(22)10-4-3-5-12(8-10)24-2/h3-9,13-14,22H,1-2H3,(H,20,23)/t13-,14-/m1/s1. The first-order valence-corrected chi connectivity index (χ1v) is 7.03. The van der Waals surface area contributed by atoms with Gasteiger partial charge in [0.2, 0.25) is 0 Å². The predicted octanol–water partition coefficient (Wildman–Crippen LogP) is 2.49. The maximum absolute atomic E-state index is 13.2. The normalized spacial score (nSPS) is 14.1. The molecule has 0 fully saturated rings. The quantitative estimate of drug-likeness (QED) is 0.877. The first-order valence-electron chi connectivity index (χ1n) is 7.03. The summed E-state index contributed by atoms with van der Waals surface area (Å²) in [4.78, 5) is 12.1. The zero-order chi connectivity index (χ0) is 17.9. The molecule has 1 amide bonds. The van der Waals surface area contributed by atoms with Crippen LogP contribution < -0.4 is 10.1 Å². The largest absolute Gasteiger partial charge is 0.497 e. The van der Waals surface area contributed by atoms with Gasteiger partial charge in [0.05, 0.1) is 7.11 Å². The van der Waals surface area contributed by atoms with Gasteiger partial charge >= 0.3 is 6.18 Å². The third-order valence-corrected chi connectivity index (χ3v) is 3.46. The van der Waals surface area contributed by atoms with Gasteiger partial charge in [0.15, 0.2) is 12.1 Å². The monoisotopic (exact) mass is 342 g/mol. The Bertz CT molecular complexity index is 713. The molecule has 2 aromatic rings. The first-order chi connectivity index (χ1) is 11.2. The molecule has 5 nitrogen and oxygen atoms in total. The number of hydrogen-bond acceptors (Lipinski definition) is 3. The van der Waals surface area contributed by atoms with Gasteiger partial charge < -0.3 is 19.7 Å². The molecule has 0 saturated heterocycles. The summed E-state index contributed by atoms with van der Waals surface area (Å²) in [7, 11) is 2.98. The van der Waals surface area contributed by atoms with Crippen molar-refractivity contribution in [1.29, 1.82) is 0 Å². The van der Waals surface area contributed by atoms with Gasteiger partial charge in [-0.25, -0.2) is 0 Å². The molecule has 0 aliphatic heterocycles. The van der Waals surface area contributed by atoms with E-state index in [1.807, 2.05) is 5.32 Å². The van der Waals surface area contributed by atoms with E-state index < -0.39 is 24.2 Å². The summed E-state index contributed by atoms with van der Waals surface area (Å²) in [5.41, 5.74) is 0.0250. The summed E-state index contributed by atoms with van der Waals surface area (Å²) >= 11 is 0. The third-order valence-electron chi connectivity index (χ3n) is 3.46.